The first-order chi connectivity index (χ1) is 7.27. The molecule has 0 unspecified atom stereocenters. The summed E-state index contributed by atoms with van der Waals surface area (Å²) in [5.41, 5.74) is 1.65. The van der Waals surface area contributed by atoms with Crippen LogP contribution in [0.2, 0.25) is 0 Å². The van der Waals surface area contributed by atoms with Crippen LogP contribution in [-0.2, 0) is 4.74 Å². The predicted octanol–water partition coefficient (Wildman–Crippen LogP) is 2.75. The molecule has 3 nitrogen and oxygen atoms in total. The number of hydrogen-bond acceptors (Lipinski definition) is 3. The van der Waals surface area contributed by atoms with E-state index in [2.05, 4.69) is 4.90 Å². The summed E-state index contributed by atoms with van der Waals surface area (Å²) < 4.78 is 5.27. The molecule has 0 saturated carbocycles. The average molecular weight is 299 g/mol. The molecule has 1 aliphatic heterocycles. The van der Waals surface area contributed by atoms with Crippen LogP contribution in [0.3, 0.4) is 0 Å². The van der Waals surface area contributed by atoms with Crippen LogP contribution in [-0.4, -0.2) is 31.5 Å². The Kier molecular flexibility index (Phi) is 7.55. The lowest BCUT2D eigenvalue weighted by Crippen LogP contribution is -2.36. The normalized spacial score (nSPS) is 14.5. The van der Waals surface area contributed by atoms with Crippen LogP contribution in [0.4, 0.5) is 5.69 Å². The molecule has 0 aromatic heterocycles. The molecule has 1 saturated heterocycles. The molecule has 2 rings (SSSR count). The highest BCUT2D eigenvalue weighted by atomic mass is 35.5. The van der Waals surface area contributed by atoms with Gasteiger partial charge in [-0.15, -0.1) is 24.8 Å². The summed E-state index contributed by atoms with van der Waals surface area (Å²) in [6.07, 6.45) is 0. The Labute approximate surface area is 118 Å². The summed E-state index contributed by atoms with van der Waals surface area (Å²) >= 11 is 5.37. The number of hydrogen-bond donors (Lipinski definition) is 0. The minimum Gasteiger partial charge on any atom is -0.378 e. The largest absolute Gasteiger partial charge is 0.378 e. The second-order valence-corrected chi connectivity index (χ2v) is 3.76. The molecule has 1 aromatic carbocycles. The van der Waals surface area contributed by atoms with E-state index in [1.54, 1.807) is 12.1 Å². The fourth-order valence-corrected chi connectivity index (χ4v) is 1.75. The van der Waals surface area contributed by atoms with Gasteiger partial charge in [-0.1, -0.05) is 0 Å². The average Bonchev–Trinajstić information content (AvgIpc) is 2.30. The Bertz CT molecular complexity index is 350. The van der Waals surface area contributed by atoms with E-state index in [4.69, 9.17) is 16.3 Å². The smallest absolute Gasteiger partial charge is 0.252 e. The number of nitrogens with zero attached hydrogens (tertiary/aromatic N) is 1. The molecule has 1 heterocycles. The van der Waals surface area contributed by atoms with E-state index in [-0.39, 0.29) is 24.8 Å². The van der Waals surface area contributed by atoms with Gasteiger partial charge in [-0.3, -0.25) is 4.79 Å². The molecule has 6 heteroatoms. The molecular formula is C11H14Cl3NO2. The van der Waals surface area contributed by atoms with Crippen molar-refractivity contribution in [2.75, 3.05) is 31.2 Å². The lowest BCUT2D eigenvalue weighted by Gasteiger charge is -2.28. The SMILES string of the molecule is Cl.Cl.O=C(Cl)c1ccc(N2CCOCC2)cc1. The summed E-state index contributed by atoms with van der Waals surface area (Å²) in [5.74, 6) is 0. The van der Waals surface area contributed by atoms with E-state index >= 15 is 0 Å². The van der Waals surface area contributed by atoms with Crippen molar-refractivity contribution >= 4 is 47.3 Å². The number of morpholine rings is 1. The molecule has 0 N–H and O–H groups in total. The van der Waals surface area contributed by atoms with Gasteiger partial charge in [-0.05, 0) is 35.9 Å². The first kappa shape index (κ1) is 16.5. The summed E-state index contributed by atoms with van der Waals surface area (Å²) in [5, 5.41) is -0.413. The zero-order valence-corrected chi connectivity index (χ0v) is 11.5. The maximum Gasteiger partial charge on any atom is 0.252 e. The molecule has 0 aliphatic carbocycles. The van der Waals surface area contributed by atoms with E-state index in [0.29, 0.717) is 5.56 Å². The maximum absolute atomic E-state index is 10.9. The van der Waals surface area contributed by atoms with Crippen molar-refractivity contribution in [2.45, 2.75) is 0 Å². The van der Waals surface area contributed by atoms with E-state index < -0.39 is 5.24 Å². The molecule has 0 spiro atoms. The van der Waals surface area contributed by atoms with E-state index in [1.807, 2.05) is 12.1 Å². The molecule has 1 aliphatic rings. The van der Waals surface area contributed by atoms with E-state index in [9.17, 15) is 4.79 Å². The molecule has 17 heavy (non-hydrogen) atoms. The molecule has 1 fully saturated rings. The van der Waals surface area contributed by atoms with Crippen molar-refractivity contribution in [1.29, 1.82) is 0 Å². The molecule has 0 radical (unpaired) electrons. The van der Waals surface area contributed by atoms with Gasteiger partial charge in [0, 0.05) is 24.3 Å². The van der Waals surface area contributed by atoms with Gasteiger partial charge in [-0.2, -0.15) is 0 Å². The van der Waals surface area contributed by atoms with Crippen LogP contribution >= 0.6 is 36.4 Å². The standard InChI is InChI=1S/C11H12ClNO2.2ClH/c12-11(14)9-1-3-10(4-2-9)13-5-7-15-8-6-13;;/h1-4H,5-8H2;2*1H. The summed E-state index contributed by atoms with van der Waals surface area (Å²) in [7, 11) is 0. The van der Waals surface area contributed by atoms with Crippen molar-refractivity contribution < 1.29 is 9.53 Å². The third-order valence-electron chi connectivity index (χ3n) is 2.47. The molecular weight excluding hydrogens is 284 g/mol. The van der Waals surface area contributed by atoms with Crippen LogP contribution in [0.1, 0.15) is 10.4 Å². The topological polar surface area (TPSA) is 29.5 Å². The summed E-state index contributed by atoms with van der Waals surface area (Å²) in [4.78, 5) is 13.1. The molecule has 1 aromatic rings. The van der Waals surface area contributed by atoms with Gasteiger partial charge in [0.2, 0.25) is 0 Å². The lowest BCUT2D eigenvalue weighted by atomic mass is 10.2. The predicted molar refractivity (Wildman–Crippen MR) is 74.2 cm³/mol. The highest BCUT2D eigenvalue weighted by molar-refractivity contribution is 6.67. The van der Waals surface area contributed by atoms with Crippen molar-refractivity contribution in [3.8, 4) is 0 Å². The van der Waals surface area contributed by atoms with E-state index in [1.165, 1.54) is 0 Å². The van der Waals surface area contributed by atoms with Crippen molar-refractivity contribution in [2.24, 2.45) is 0 Å². The van der Waals surface area contributed by atoms with Crippen LogP contribution in [0.25, 0.3) is 0 Å². The Morgan fingerprint density at radius 1 is 1.12 bits per heavy atom. The second-order valence-electron chi connectivity index (χ2n) is 3.42. The minimum absolute atomic E-state index is 0. The molecule has 96 valence electrons. The minimum atomic E-state index is -0.413. The number of rotatable bonds is 2. The van der Waals surface area contributed by atoms with Crippen molar-refractivity contribution in [3.63, 3.8) is 0 Å². The number of halogens is 3. The van der Waals surface area contributed by atoms with Crippen LogP contribution in [0, 0.1) is 0 Å². The van der Waals surface area contributed by atoms with Gasteiger partial charge in [0.25, 0.3) is 5.24 Å². The third-order valence-corrected chi connectivity index (χ3v) is 2.69. The Morgan fingerprint density at radius 3 is 2.12 bits per heavy atom. The summed E-state index contributed by atoms with van der Waals surface area (Å²) in [6.45, 7) is 3.31. The first-order valence-corrected chi connectivity index (χ1v) is 5.28. The maximum atomic E-state index is 10.9. The Balaban J connectivity index is 0.00000128. The number of carbonyl (C=O) groups is 1. The van der Waals surface area contributed by atoms with Gasteiger partial charge in [0.05, 0.1) is 13.2 Å². The monoisotopic (exact) mass is 297 g/mol. The van der Waals surface area contributed by atoms with Gasteiger partial charge < -0.3 is 9.64 Å². The molecule has 0 atom stereocenters. The van der Waals surface area contributed by atoms with E-state index in [0.717, 1.165) is 32.0 Å². The number of carbonyl (C=O) groups excluding carboxylic acids is 1. The fraction of sp³-hybridized carbons (Fsp3) is 0.364. The molecule has 0 amide bonds. The quantitative estimate of drug-likeness (QED) is 0.786. The van der Waals surface area contributed by atoms with Crippen molar-refractivity contribution in [1.82, 2.24) is 0 Å². The fourth-order valence-electron chi connectivity index (χ4n) is 1.62. The van der Waals surface area contributed by atoms with Crippen LogP contribution in [0.15, 0.2) is 24.3 Å². The third kappa shape index (κ3) is 4.36. The number of anilines is 1. The first-order valence-electron chi connectivity index (χ1n) is 4.90. The van der Waals surface area contributed by atoms with Crippen molar-refractivity contribution in [3.05, 3.63) is 29.8 Å². The number of benzene rings is 1. The highest BCUT2D eigenvalue weighted by Crippen LogP contribution is 2.17. The lowest BCUT2D eigenvalue weighted by molar-refractivity contribution is 0.108. The molecule has 0 bridgehead atoms. The summed E-state index contributed by atoms with van der Waals surface area (Å²) in [6, 6.07) is 7.34. The number of ether oxygens (including phenoxy) is 1. The van der Waals surface area contributed by atoms with Gasteiger partial charge in [0.15, 0.2) is 0 Å². The van der Waals surface area contributed by atoms with Crippen LogP contribution in [0.5, 0.6) is 0 Å². The van der Waals surface area contributed by atoms with Gasteiger partial charge in [0.1, 0.15) is 0 Å². The highest BCUT2D eigenvalue weighted by Gasteiger charge is 2.11. The van der Waals surface area contributed by atoms with Gasteiger partial charge in [-0.25, -0.2) is 0 Å². The second kappa shape index (κ2) is 7.77. The zero-order valence-electron chi connectivity index (χ0n) is 9.10. The Hall–Kier alpha value is -0.480. The Morgan fingerprint density at radius 2 is 1.65 bits per heavy atom. The van der Waals surface area contributed by atoms with Gasteiger partial charge >= 0.3 is 0 Å². The zero-order chi connectivity index (χ0) is 10.7. The van der Waals surface area contributed by atoms with Crippen LogP contribution < -0.4 is 4.90 Å².